The maximum Gasteiger partial charge on any atom is 0.227 e. The number of hydrogen-bond donors (Lipinski definition) is 1. The first-order valence-electron chi connectivity index (χ1n) is 7.59. The summed E-state index contributed by atoms with van der Waals surface area (Å²) in [6.45, 7) is 2.06. The Morgan fingerprint density at radius 1 is 1.08 bits per heavy atom. The summed E-state index contributed by atoms with van der Waals surface area (Å²) in [5, 5.41) is 12.3. The van der Waals surface area contributed by atoms with Crippen LogP contribution >= 0.6 is 23.1 Å². The second-order valence-electron chi connectivity index (χ2n) is 5.24. The first-order chi connectivity index (χ1) is 11.7. The number of benzene rings is 2. The second kappa shape index (κ2) is 8.08. The smallest absolute Gasteiger partial charge is 0.227 e. The van der Waals surface area contributed by atoms with Crippen molar-refractivity contribution in [2.75, 3.05) is 11.1 Å². The van der Waals surface area contributed by atoms with E-state index in [2.05, 4.69) is 46.7 Å². The van der Waals surface area contributed by atoms with Crippen molar-refractivity contribution in [3.63, 3.8) is 0 Å². The maximum atomic E-state index is 12.0. The highest BCUT2D eigenvalue weighted by Crippen LogP contribution is 2.26. The zero-order chi connectivity index (χ0) is 16.8. The summed E-state index contributed by atoms with van der Waals surface area (Å²) in [4.78, 5) is 13.2. The third-order valence-electron chi connectivity index (χ3n) is 3.31. The largest absolute Gasteiger partial charge is 0.300 e. The van der Waals surface area contributed by atoms with Crippen molar-refractivity contribution >= 4 is 34.1 Å². The molecule has 1 amide bonds. The molecule has 0 aliphatic heterocycles. The minimum absolute atomic E-state index is 0.0367. The van der Waals surface area contributed by atoms with Gasteiger partial charge in [-0.05, 0) is 19.1 Å². The molecule has 1 aromatic heterocycles. The Balaban J connectivity index is 1.48. The summed E-state index contributed by atoms with van der Waals surface area (Å²) in [6.07, 6.45) is 0.443. The molecule has 0 saturated carbocycles. The molecule has 0 saturated heterocycles. The van der Waals surface area contributed by atoms with E-state index in [9.17, 15) is 4.79 Å². The number of anilines is 1. The Bertz CT molecular complexity index is 801. The summed E-state index contributed by atoms with van der Waals surface area (Å²) >= 11 is 3.06. The number of aromatic nitrogens is 2. The van der Waals surface area contributed by atoms with Crippen LogP contribution in [0.3, 0.4) is 0 Å². The van der Waals surface area contributed by atoms with Crippen LogP contribution in [-0.2, 0) is 4.79 Å². The van der Waals surface area contributed by atoms with Crippen molar-refractivity contribution in [2.45, 2.75) is 18.2 Å². The molecule has 0 atom stereocenters. The molecule has 24 heavy (non-hydrogen) atoms. The van der Waals surface area contributed by atoms with Crippen molar-refractivity contribution < 1.29 is 4.79 Å². The zero-order valence-corrected chi connectivity index (χ0v) is 14.9. The Morgan fingerprint density at radius 2 is 1.83 bits per heavy atom. The molecule has 0 aliphatic rings. The van der Waals surface area contributed by atoms with E-state index in [1.165, 1.54) is 21.8 Å². The van der Waals surface area contributed by atoms with Crippen LogP contribution in [0.2, 0.25) is 0 Å². The van der Waals surface area contributed by atoms with E-state index in [4.69, 9.17) is 0 Å². The molecular weight excluding hydrogens is 338 g/mol. The lowest BCUT2D eigenvalue weighted by Crippen LogP contribution is -2.11. The van der Waals surface area contributed by atoms with E-state index < -0.39 is 0 Å². The van der Waals surface area contributed by atoms with Gasteiger partial charge in [0, 0.05) is 22.6 Å². The van der Waals surface area contributed by atoms with Crippen LogP contribution in [0, 0.1) is 6.92 Å². The standard InChI is InChI=1S/C18H17N3OS2/c1-13-7-9-15(10-8-13)23-12-11-16(22)19-18-21-20-17(24-18)14-5-3-2-4-6-14/h2-10H,11-12H2,1H3,(H,19,21,22). The molecule has 0 unspecified atom stereocenters. The van der Waals surface area contributed by atoms with Gasteiger partial charge in [0.05, 0.1) is 0 Å². The van der Waals surface area contributed by atoms with Gasteiger partial charge in [-0.1, -0.05) is 59.4 Å². The Hall–Kier alpha value is -2.18. The van der Waals surface area contributed by atoms with Gasteiger partial charge in [-0.2, -0.15) is 0 Å². The fourth-order valence-corrected chi connectivity index (χ4v) is 3.67. The van der Waals surface area contributed by atoms with Crippen LogP contribution in [0.4, 0.5) is 5.13 Å². The molecule has 0 radical (unpaired) electrons. The normalized spacial score (nSPS) is 10.5. The fraction of sp³-hybridized carbons (Fsp3) is 0.167. The van der Waals surface area contributed by atoms with Gasteiger partial charge >= 0.3 is 0 Å². The lowest BCUT2D eigenvalue weighted by molar-refractivity contribution is -0.115. The summed E-state index contributed by atoms with van der Waals surface area (Å²) < 4.78 is 0. The van der Waals surface area contributed by atoms with Crippen LogP contribution in [0.5, 0.6) is 0 Å². The van der Waals surface area contributed by atoms with Gasteiger partial charge in [0.15, 0.2) is 0 Å². The van der Waals surface area contributed by atoms with Crippen molar-refractivity contribution in [2.24, 2.45) is 0 Å². The third-order valence-corrected chi connectivity index (χ3v) is 5.21. The molecule has 0 fully saturated rings. The van der Waals surface area contributed by atoms with Crippen molar-refractivity contribution in [1.29, 1.82) is 0 Å². The fourth-order valence-electron chi connectivity index (χ4n) is 2.05. The van der Waals surface area contributed by atoms with E-state index in [1.54, 1.807) is 11.8 Å². The molecule has 0 aliphatic carbocycles. The number of amides is 1. The number of nitrogens with zero attached hydrogens (tertiary/aromatic N) is 2. The predicted octanol–water partition coefficient (Wildman–Crippen LogP) is 4.63. The SMILES string of the molecule is Cc1ccc(SCCC(=O)Nc2nnc(-c3ccccc3)s2)cc1. The average Bonchev–Trinajstić information content (AvgIpc) is 3.06. The van der Waals surface area contributed by atoms with Crippen LogP contribution in [0.25, 0.3) is 10.6 Å². The Morgan fingerprint density at radius 3 is 2.58 bits per heavy atom. The van der Waals surface area contributed by atoms with E-state index in [0.29, 0.717) is 11.6 Å². The van der Waals surface area contributed by atoms with E-state index in [-0.39, 0.29) is 5.91 Å². The summed E-state index contributed by atoms with van der Waals surface area (Å²) in [7, 11) is 0. The van der Waals surface area contributed by atoms with Crippen LogP contribution in [0.15, 0.2) is 59.5 Å². The molecule has 3 aromatic rings. The highest BCUT2D eigenvalue weighted by molar-refractivity contribution is 7.99. The minimum Gasteiger partial charge on any atom is -0.300 e. The first-order valence-corrected chi connectivity index (χ1v) is 9.39. The lowest BCUT2D eigenvalue weighted by Gasteiger charge is -2.02. The molecule has 6 heteroatoms. The molecular formula is C18H17N3OS2. The van der Waals surface area contributed by atoms with Crippen molar-refractivity contribution in [3.05, 3.63) is 60.2 Å². The van der Waals surface area contributed by atoms with Gasteiger partial charge in [0.2, 0.25) is 11.0 Å². The maximum absolute atomic E-state index is 12.0. The molecule has 3 rings (SSSR count). The van der Waals surface area contributed by atoms with Gasteiger partial charge in [-0.3, -0.25) is 4.79 Å². The molecule has 1 heterocycles. The molecule has 122 valence electrons. The van der Waals surface area contributed by atoms with Gasteiger partial charge in [-0.15, -0.1) is 22.0 Å². The Labute approximate surface area is 149 Å². The quantitative estimate of drug-likeness (QED) is 0.655. The highest BCUT2D eigenvalue weighted by Gasteiger charge is 2.09. The molecule has 4 nitrogen and oxygen atoms in total. The number of nitrogens with one attached hydrogen (secondary N) is 1. The Kier molecular flexibility index (Phi) is 5.61. The first kappa shape index (κ1) is 16.7. The van der Waals surface area contributed by atoms with Gasteiger partial charge in [-0.25, -0.2) is 0 Å². The summed E-state index contributed by atoms with van der Waals surface area (Å²) in [6, 6.07) is 18.1. The van der Waals surface area contributed by atoms with E-state index in [0.717, 1.165) is 16.3 Å². The van der Waals surface area contributed by atoms with E-state index in [1.807, 2.05) is 30.3 Å². The number of carbonyl (C=O) groups excluding carboxylic acids is 1. The van der Waals surface area contributed by atoms with Crippen LogP contribution in [-0.4, -0.2) is 21.9 Å². The minimum atomic E-state index is -0.0367. The van der Waals surface area contributed by atoms with Gasteiger partial charge in [0.1, 0.15) is 5.01 Å². The molecule has 0 spiro atoms. The van der Waals surface area contributed by atoms with Crippen molar-refractivity contribution in [1.82, 2.24) is 10.2 Å². The van der Waals surface area contributed by atoms with Crippen LogP contribution < -0.4 is 5.32 Å². The molecule has 1 N–H and O–H groups in total. The number of hydrogen-bond acceptors (Lipinski definition) is 5. The van der Waals surface area contributed by atoms with E-state index >= 15 is 0 Å². The summed E-state index contributed by atoms with van der Waals surface area (Å²) in [5.74, 6) is 0.699. The van der Waals surface area contributed by atoms with Crippen LogP contribution in [0.1, 0.15) is 12.0 Å². The molecule has 2 aromatic carbocycles. The number of thioether (sulfide) groups is 1. The van der Waals surface area contributed by atoms with Gasteiger partial charge in [0.25, 0.3) is 0 Å². The summed E-state index contributed by atoms with van der Waals surface area (Å²) in [5.41, 5.74) is 2.24. The average molecular weight is 355 g/mol. The van der Waals surface area contributed by atoms with Gasteiger partial charge < -0.3 is 5.32 Å². The predicted molar refractivity (Wildman–Crippen MR) is 100 cm³/mol. The monoisotopic (exact) mass is 355 g/mol. The second-order valence-corrected chi connectivity index (χ2v) is 7.38. The third kappa shape index (κ3) is 4.66. The zero-order valence-electron chi connectivity index (χ0n) is 13.2. The lowest BCUT2D eigenvalue weighted by atomic mass is 10.2. The highest BCUT2D eigenvalue weighted by atomic mass is 32.2. The topological polar surface area (TPSA) is 54.9 Å². The number of carbonyl (C=O) groups is 1. The molecule has 0 bridgehead atoms. The number of aryl methyl sites for hydroxylation is 1. The number of rotatable bonds is 6. The van der Waals surface area contributed by atoms with Crippen molar-refractivity contribution in [3.8, 4) is 10.6 Å².